The maximum Gasteiger partial charge on any atom is 0.233 e. The van der Waals surface area contributed by atoms with Gasteiger partial charge in [0.15, 0.2) is 5.82 Å². The van der Waals surface area contributed by atoms with Gasteiger partial charge in [0.05, 0.1) is 26.1 Å². The van der Waals surface area contributed by atoms with Crippen molar-refractivity contribution < 1.29 is 14.3 Å². The van der Waals surface area contributed by atoms with Gasteiger partial charge in [0.2, 0.25) is 11.8 Å². The first-order valence-corrected chi connectivity index (χ1v) is 10.8. The Hall–Kier alpha value is -2.96. The van der Waals surface area contributed by atoms with Gasteiger partial charge in [0.25, 0.3) is 0 Å². The molecule has 1 aromatic carbocycles. The van der Waals surface area contributed by atoms with Crippen LogP contribution in [0.5, 0.6) is 5.75 Å². The highest BCUT2D eigenvalue weighted by molar-refractivity contribution is 6.00. The van der Waals surface area contributed by atoms with E-state index < -0.39 is 5.41 Å². The lowest BCUT2D eigenvalue weighted by Crippen LogP contribution is -2.39. The van der Waals surface area contributed by atoms with Crippen molar-refractivity contribution in [3.63, 3.8) is 0 Å². The first-order valence-electron chi connectivity index (χ1n) is 10.8. The van der Waals surface area contributed by atoms with Gasteiger partial charge in [-0.15, -0.1) is 0 Å². The molecule has 1 atom stereocenters. The van der Waals surface area contributed by atoms with Gasteiger partial charge >= 0.3 is 0 Å². The summed E-state index contributed by atoms with van der Waals surface area (Å²) in [6.07, 6.45) is 2.08. The van der Waals surface area contributed by atoms with Gasteiger partial charge in [-0.3, -0.25) is 14.5 Å². The third kappa shape index (κ3) is 4.01. The van der Waals surface area contributed by atoms with Crippen LogP contribution < -0.4 is 9.64 Å². The summed E-state index contributed by atoms with van der Waals surface area (Å²) in [5.74, 6) is 2.23. The van der Waals surface area contributed by atoms with Crippen LogP contribution in [0, 0.1) is 12.3 Å². The van der Waals surface area contributed by atoms with E-state index in [-0.39, 0.29) is 17.9 Å². The first-order chi connectivity index (χ1) is 14.7. The minimum atomic E-state index is -0.454. The Morgan fingerprint density at radius 3 is 2.55 bits per heavy atom. The van der Waals surface area contributed by atoms with Crippen LogP contribution in [0.3, 0.4) is 0 Å². The number of carbonyl (C=O) groups is 2. The number of carbonyl (C=O) groups excluding carboxylic acids is 2. The van der Waals surface area contributed by atoms with Crippen LogP contribution in [0.1, 0.15) is 62.3 Å². The third-order valence-corrected chi connectivity index (χ3v) is 6.05. The second-order valence-corrected chi connectivity index (χ2v) is 9.38. The number of nitrogens with zero attached hydrogens (tertiary/aromatic N) is 4. The predicted octanol–water partition coefficient (Wildman–Crippen LogP) is 3.59. The van der Waals surface area contributed by atoms with E-state index in [0.717, 1.165) is 42.0 Å². The molecule has 0 aliphatic carbocycles. The number of hydrogen-bond acceptors (Lipinski definition) is 5. The lowest BCUT2D eigenvalue weighted by molar-refractivity contribution is -0.140. The summed E-state index contributed by atoms with van der Waals surface area (Å²) in [6, 6.07) is 7.55. The van der Waals surface area contributed by atoms with Gasteiger partial charge in [-0.25, -0.2) is 9.97 Å². The molecule has 1 saturated heterocycles. The van der Waals surface area contributed by atoms with Crippen molar-refractivity contribution in [1.82, 2.24) is 14.9 Å². The predicted molar refractivity (Wildman–Crippen MR) is 118 cm³/mol. The van der Waals surface area contributed by atoms with Crippen LogP contribution in [-0.4, -0.2) is 40.3 Å². The topological polar surface area (TPSA) is 75.6 Å². The van der Waals surface area contributed by atoms with Crippen molar-refractivity contribution in [2.24, 2.45) is 5.41 Å². The minimum absolute atomic E-state index is 0.0226. The normalized spacial score (nSPS) is 18.5. The molecule has 1 fully saturated rings. The molecule has 2 aromatic rings. The van der Waals surface area contributed by atoms with Crippen molar-refractivity contribution in [1.29, 1.82) is 0 Å². The maximum atomic E-state index is 13.0. The lowest BCUT2D eigenvalue weighted by Gasteiger charge is -2.30. The Labute approximate surface area is 183 Å². The zero-order chi connectivity index (χ0) is 22.3. The smallest absolute Gasteiger partial charge is 0.233 e. The van der Waals surface area contributed by atoms with Crippen LogP contribution in [0.15, 0.2) is 24.3 Å². The Morgan fingerprint density at radius 2 is 1.90 bits per heavy atom. The van der Waals surface area contributed by atoms with E-state index in [1.165, 1.54) is 0 Å². The molecular formula is C24H30N4O3. The van der Waals surface area contributed by atoms with E-state index in [1.807, 2.05) is 56.9 Å². The van der Waals surface area contributed by atoms with E-state index in [4.69, 9.17) is 14.7 Å². The summed E-state index contributed by atoms with van der Waals surface area (Å²) >= 11 is 0. The van der Waals surface area contributed by atoms with Gasteiger partial charge in [0, 0.05) is 23.2 Å². The van der Waals surface area contributed by atoms with Gasteiger partial charge in [0.1, 0.15) is 11.6 Å². The Kier molecular flexibility index (Phi) is 5.45. The second-order valence-electron chi connectivity index (χ2n) is 9.38. The monoisotopic (exact) mass is 422 g/mol. The zero-order valence-electron chi connectivity index (χ0n) is 18.9. The average Bonchev–Trinajstić information content (AvgIpc) is 3.33. The second kappa shape index (κ2) is 7.94. The number of likely N-dealkylation sites (tertiary alicyclic amines) is 1. The number of amides is 2. The molecule has 0 bridgehead atoms. The van der Waals surface area contributed by atoms with Crippen LogP contribution >= 0.6 is 0 Å². The summed E-state index contributed by atoms with van der Waals surface area (Å²) in [5.41, 5.74) is 2.25. The van der Waals surface area contributed by atoms with Gasteiger partial charge in [-0.2, -0.15) is 0 Å². The zero-order valence-corrected chi connectivity index (χ0v) is 18.9. The first kappa shape index (κ1) is 21.3. The summed E-state index contributed by atoms with van der Waals surface area (Å²) in [5, 5.41) is 0. The highest BCUT2D eigenvalue weighted by atomic mass is 16.5. The molecule has 0 spiro atoms. The van der Waals surface area contributed by atoms with Crippen molar-refractivity contribution in [3.8, 4) is 5.75 Å². The number of ether oxygens (including phenoxy) is 1. The highest BCUT2D eigenvalue weighted by Gasteiger charge is 2.39. The number of aromatic nitrogens is 2. The van der Waals surface area contributed by atoms with Crippen LogP contribution in [0.2, 0.25) is 0 Å². The van der Waals surface area contributed by atoms with Crippen LogP contribution in [0.25, 0.3) is 0 Å². The standard InChI is InChI=1S/C24H30N4O3/c1-15-18-13-20(29)28(14-16-8-10-17(31-5)11-9-16)22(18)26-21(25-15)19-7-6-12-27(19)23(30)24(2,3)4/h8-11,19H,6-7,12-14H2,1-5H3/t19-/m0/s1. The fourth-order valence-corrected chi connectivity index (χ4v) is 4.33. The lowest BCUT2D eigenvalue weighted by atomic mass is 9.94. The summed E-state index contributed by atoms with van der Waals surface area (Å²) in [6.45, 7) is 8.91. The molecule has 0 N–H and O–H groups in total. The fourth-order valence-electron chi connectivity index (χ4n) is 4.33. The molecule has 7 nitrogen and oxygen atoms in total. The number of benzene rings is 1. The van der Waals surface area contributed by atoms with E-state index >= 15 is 0 Å². The van der Waals surface area contributed by atoms with Gasteiger partial charge in [-0.05, 0) is 37.5 Å². The van der Waals surface area contributed by atoms with Crippen molar-refractivity contribution in [2.45, 2.75) is 59.5 Å². The number of rotatable bonds is 4. The largest absolute Gasteiger partial charge is 0.497 e. The van der Waals surface area contributed by atoms with Gasteiger partial charge in [-0.1, -0.05) is 32.9 Å². The molecule has 0 radical (unpaired) electrons. The van der Waals surface area contributed by atoms with Gasteiger partial charge < -0.3 is 9.64 Å². The molecule has 31 heavy (non-hydrogen) atoms. The molecule has 0 unspecified atom stereocenters. The third-order valence-electron chi connectivity index (χ3n) is 6.05. The molecule has 7 heteroatoms. The number of aryl methyl sites for hydroxylation is 1. The van der Waals surface area contributed by atoms with Crippen LogP contribution in [-0.2, 0) is 22.6 Å². The van der Waals surface area contributed by atoms with Crippen molar-refractivity contribution in [2.75, 3.05) is 18.6 Å². The highest BCUT2D eigenvalue weighted by Crippen LogP contribution is 2.37. The quantitative estimate of drug-likeness (QED) is 0.753. The molecule has 2 amide bonds. The minimum Gasteiger partial charge on any atom is -0.497 e. The summed E-state index contributed by atoms with van der Waals surface area (Å²) < 4.78 is 5.22. The number of methoxy groups -OCH3 is 1. The summed E-state index contributed by atoms with van der Waals surface area (Å²) in [7, 11) is 1.63. The molecule has 164 valence electrons. The Morgan fingerprint density at radius 1 is 1.19 bits per heavy atom. The molecular weight excluding hydrogens is 392 g/mol. The molecule has 2 aliphatic heterocycles. The van der Waals surface area contributed by atoms with E-state index in [0.29, 0.717) is 24.6 Å². The van der Waals surface area contributed by atoms with Crippen molar-refractivity contribution in [3.05, 3.63) is 46.9 Å². The molecule has 1 aromatic heterocycles. The molecule has 0 saturated carbocycles. The SMILES string of the molecule is COc1ccc(CN2C(=O)Cc3c(C)nc([C@@H]4CCCN4C(=O)C(C)(C)C)nc32)cc1. The van der Waals surface area contributed by atoms with Crippen LogP contribution in [0.4, 0.5) is 5.82 Å². The summed E-state index contributed by atoms with van der Waals surface area (Å²) in [4.78, 5) is 39.0. The van der Waals surface area contributed by atoms with Crippen molar-refractivity contribution >= 4 is 17.6 Å². The molecule has 2 aliphatic rings. The fraction of sp³-hybridized carbons (Fsp3) is 0.500. The van der Waals surface area contributed by atoms with E-state index in [9.17, 15) is 9.59 Å². The number of anilines is 1. The van der Waals surface area contributed by atoms with E-state index in [2.05, 4.69) is 0 Å². The number of hydrogen-bond donors (Lipinski definition) is 0. The molecule has 3 heterocycles. The maximum absolute atomic E-state index is 13.0. The Bertz CT molecular complexity index is 1010. The average molecular weight is 423 g/mol. The number of fused-ring (bicyclic) bond motifs is 1. The Balaban J connectivity index is 1.66. The molecule has 4 rings (SSSR count). The van der Waals surface area contributed by atoms with E-state index in [1.54, 1.807) is 12.0 Å².